The number of oxime groups is 1. The number of hydrogen-bond acceptors (Lipinski definition) is 4. The maximum absolute atomic E-state index is 13.0. The molecule has 3 aromatic rings. The summed E-state index contributed by atoms with van der Waals surface area (Å²) in [5, 5.41) is 8.52. The Balaban J connectivity index is 1.81. The Morgan fingerprint density at radius 1 is 0.821 bits per heavy atom. The summed E-state index contributed by atoms with van der Waals surface area (Å²) in [7, 11) is 0. The fraction of sp³-hybridized carbons (Fsp3) is 0.160. The van der Waals surface area contributed by atoms with Crippen LogP contribution in [0.3, 0.4) is 0 Å². The van der Waals surface area contributed by atoms with Crippen LogP contribution in [-0.4, -0.2) is 18.0 Å². The topological polar surface area (TPSA) is 79.8 Å². The Kier molecular flexibility index (Phi) is 9.46. The van der Waals surface area contributed by atoms with E-state index in [-0.39, 0.29) is 23.0 Å². The molecule has 0 aliphatic rings. The van der Waals surface area contributed by atoms with Gasteiger partial charge in [0.25, 0.3) is 0 Å². The average molecular weight is 592 g/mol. The third-order valence-corrected chi connectivity index (χ3v) is 5.59. The van der Waals surface area contributed by atoms with Crippen LogP contribution >= 0.6 is 23.2 Å². The molecule has 0 fully saturated rings. The molecule has 14 heteroatoms. The molecule has 39 heavy (non-hydrogen) atoms. The number of nitrogens with one attached hydrogen (secondary N) is 2. The number of hydrogen-bond donors (Lipinski definition) is 2. The van der Waals surface area contributed by atoms with Crippen molar-refractivity contribution < 1.29 is 40.8 Å². The SMILES string of the molecule is O=C(Nc1cccc(C(F)(F)F)c1)C(/C=N/OCc1ccc(Cl)cc1Cl)C(=O)Nc1cccc(C(F)(F)F)c1. The molecule has 206 valence electrons. The van der Waals surface area contributed by atoms with Gasteiger partial charge < -0.3 is 15.5 Å². The molecule has 0 aliphatic carbocycles. The van der Waals surface area contributed by atoms with Crippen molar-refractivity contribution in [1.82, 2.24) is 0 Å². The van der Waals surface area contributed by atoms with Crippen LogP contribution in [0.15, 0.2) is 71.9 Å². The van der Waals surface area contributed by atoms with Crippen LogP contribution in [0.2, 0.25) is 10.0 Å². The maximum atomic E-state index is 13.0. The van der Waals surface area contributed by atoms with Crippen LogP contribution in [0, 0.1) is 5.92 Å². The van der Waals surface area contributed by atoms with Gasteiger partial charge in [-0.25, -0.2) is 0 Å². The minimum Gasteiger partial charge on any atom is -0.391 e. The smallest absolute Gasteiger partial charge is 0.391 e. The number of carbonyl (C=O) groups is 2. The highest BCUT2D eigenvalue weighted by atomic mass is 35.5. The Labute approximate surface area is 227 Å². The van der Waals surface area contributed by atoms with Gasteiger partial charge in [-0.05, 0) is 48.5 Å². The number of carbonyl (C=O) groups excluding carboxylic acids is 2. The first kappa shape index (κ1) is 29.8. The summed E-state index contributed by atoms with van der Waals surface area (Å²) in [5.41, 5.74) is -2.22. The van der Waals surface area contributed by atoms with Gasteiger partial charge in [0.05, 0.1) is 17.3 Å². The molecule has 0 spiro atoms. The molecule has 0 aliphatic heterocycles. The molecular formula is C25H17Cl2F6N3O3. The fourth-order valence-electron chi connectivity index (χ4n) is 3.09. The summed E-state index contributed by atoms with van der Waals surface area (Å²) < 4.78 is 78.2. The average Bonchev–Trinajstić information content (AvgIpc) is 2.84. The lowest BCUT2D eigenvalue weighted by molar-refractivity contribution is -0.138. The second kappa shape index (κ2) is 12.4. The second-order valence-electron chi connectivity index (χ2n) is 7.88. The molecule has 3 rings (SSSR count). The van der Waals surface area contributed by atoms with Gasteiger partial charge in [-0.15, -0.1) is 0 Å². The van der Waals surface area contributed by atoms with Crippen LogP contribution in [-0.2, 0) is 33.4 Å². The van der Waals surface area contributed by atoms with Crippen molar-refractivity contribution in [3.05, 3.63) is 93.5 Å². The van der Waals surface area contributed by atoms with E-state index in [1.54, 1.807) is 6.07 Å². The summed E-state index contributed by atoms with van der Waals surface area (Å²) in [6, 6.07) is 11.8. The quantitative estimate of drug-likeness (QED) is 0.124. The third kappa shape index (κ3) is 8.62. The number of amides is 2. The van der Waals surface area contributed by atoms with Gasteiger partial charge in [0.1, 0.15) is 6.61 Å². The van der Waals surface area contributed by atoms with Gasteiger partial charge in [0.2, 0.25) is 11.8 Å². The van der Waals surface area contributed by atoms with E-state index in [1.165, 1.54) is 12.1 Å². The van der Waals surface area contributed by atoms with Gasteiger partial charge in [0, 0.05) is 27.0 Å². The molecule has 0 aromatic heterocycles. The van der Waals surface area contributed by atoms with Crippen LogP contribution in [0.4, 0.5) is 37.7 Å². The molecule has 0 radical (unpaired) electrons. The molecule has 0 unspecified atom stereocenters. The molecule has 0 bridgehead atoms. The highest BCUT2D eigenvalue weighted by molar-refractivity contribution is 6.35. The molecule has 2 amide bonds. The summed E-state index contributed by atoms with van der Waals surface area (Å²) in [5.74, 6) is -4.08. The lowest BCUT2D eigenvalue weighted by Gasteiger charge is -2.15. The molecule has 2 N–H and O–H groups in total. The number of benzene rings is 3. The van der Waals surface area contributed by atoms with Crippen LogP contribution in [0.5, 0.6) is 0 Å². The zero-order valence-corrected chi connectivity index (χ0v) is 20.9. The molecule has 0 atom stereocenters. The standard InChI is InChI=1S/C25H17Cl2F6N3O3/c26-17-8-7-14(21(27)11-17)13-39-34-12-20(22(37)35-18-5-1-3-15(9-18)24(28,29)30)23(38)36-19-6-2-4-16(10-19)25(31,32)33/h1-12,20H,13H2,(H,35,37)(H,36,38)/b34-12+. The van der Waals surface area contributed by atoms with E-state index in [9.17, 15) is 35.9 Å². The highest BCUT2D eigenvalue weighted by Gasteiger charge is 2.32. The first-order valence-corrected chi connectivity index (χ1v) is 11.6. The zero-order chi connectivity index (χ0) is 28.8. The van der Waals surface area contributed by atoms with E-state index in [2.05, 4.69) is 15.8 Å². The molecule has 0 saturated heterocycles. The molecule has 0 heterocycles. The Morgan fingerprint density at radius 2 is 1.33 bits per heavy atom. The van der Waals surface area contributed by atoms with Gasteiger partial charge in [-0.3, -0.25) is 9.59 Å². The summed E-state index contributed by atoms with van der Waals surface area (Å²) in [6.45, 7) is -0.205. The Morgan fingerprint density at radius 3 is 1.79 bits per heavy atom. The lowest BCUT2D eigenvalue weighted by atomic mass is 10.1. The van der Waals surface area contributed by atoms with Crippen LogP contribution < -0.4 is 10.6 Å². The zero-order valence-electron chi connectivity index (χ0n) is 19.4. The first-order valence-electron chi connectivity index (χ1n) is 10.8. The van der Waals surface area contributed by atoms with Crippen molar-refractivity contribution in [1.29, 1.82) is 0 Å². The first-order chi connectivity index (χ1) is 18.2. The normalized spacial score (nSPS) is 12.0. The van der Waals surface area contributed by atoms with E-state index in [1.807, 2.05) is 0 Å². The molecule has 0 saturated carbocycles. The summed E-state index contributed by atoms with van der Waals surface area (Å²) in [4.78, 5) is 30.8. The van der Waals surface area contributed by atoms with Crippen LogP contribution in [0.25, 0.3) is 0 Å². The van der Waals surface area contributed by atoms with Crippen molar-refractivity contribution in [2.45, 2.75) is 19.0 Å². The minimum atomic E-state index is -4.70. The number of anilines is 2. The molecular weight excluding hydrogens is 575 g/mol. The van der Waals surface area contributed by atoms with E-state index < -0.39 is 41.2 Å². The van der Waals surface area contributed by atoms with E-state index in [0.717, 1.165) is 42.6 Å². The van der Waals surface area contributed by atoms with Crippen molar-refractivity contribution in [2.75, 3.05) is 10.6 Å². The van der Waals surface area contributed by atoms with E-state index in [4.69, 9.17) is 28.0 Å². The van der Waals surface area contributed by atoms with Crippen molar-refractivity contribution in [3.63, 3.8) is 0 Å². The van der Waals surface area contributed by atoms with Crippen LogP contribution in [0.1, 0.15) is 16.7 Å². The monoisotopic (exact) mass is 591 g/mol. The lowest BCUT2D eigenvalue weighted by Crippen LogP contribution is -2.35. The largest absolute Gasteiger partial charge is 0.416 e. The number of halogens is 8. The highest BCUT2D eigenvalue weighted by Crippen LogP contribution is 2.32. The Hall–Kier alpha value is -3.77. The summed E-state index contributed by atoms with van der Waals surface area (Å²) in [6.07, 6.45) is -8.64. The van der Waals surface area contributed by atoms with Gasteiger partial charge >= 0.3 is 12.4 Å². The predicted molar refractivity (Wildman–Crippen MR) is 133 cm³/mol. The number of rotatable bonds is 8. The van der Waals surface area contributed by atoms with E-state index >= 15 is 0 Å². The molecule has 3 aromatic carbocycles. The fourth-order valence-corrected chi connectivity index (χ4v) is 3.55. The van der Waals surface area contributed by atoms with Gasteiger partial charge in [-0.2, -0.15) is 26.3 Å². The second-order valence-corrected chi connectivity index (χ2v) is 8.72. The van der Waals surface area contributed by atoms with E-state index in [0.29, 0.717) is 22.7 Å². The van der Waals surface area contributed by atoms with Crippen molar-refractivity contribution in [2.24, 2.45) is 11.1 Å². The van der Waals surface area contributed by atoms with Crippen molar-refractivity contribution >= 4 is 52.6 Å². The molecule has 6 nitrogen and oxygen atoms in total. The predicted octanol–water partition coefficient (Wildman–Crippen LogP) is 7.43. The number of alkyl halides is 6. The van der Waals surface area contributed by atoms with Gasteiger partial charge in [-0.1, -0.05) is 46.6 Å². The maximum Gasteiger partial charge on any atom is 0.416 e. The van der Waals surface area contributed by atoms with Gasteiger partial charge in [0.15, 0.2) is 5.92 Å². The number of nitrogens with zero attached hydrogens (tertiary/aromatic N) is 1. The Bertz CT molecular complexity index is 1310. The third-order valence-electron chi connectivity index (χ3n) is 5.00. The summed E-state index contributed by atoms with van der Waals surface area (Å²) >= 11 is 11.9. The van der Waals surface area contributed by atoms with Crippen molar-refractivity contribution in [3.8, 4) is 0 Å². The minimum absolute atomic E-state index is 0.205.